The van der Waals surface area contributed by atoms with Gasteiger partial charge < -0.3 is 10.6 Å². The molecule has 0 spiro atoms. The Hall–Kier alpha value is -1.40. The Kier molecular flexibility index (Phi) is 6.01. The van der Waals surface area contributed by atoms with E-state index in [4.69, 9.17) is 0 Å². The van der Waals surface area contributed by atoms with Gasteiger partial charge in [-0.3, -0.25) is 0 Å². The first-order valence-corrected chi connectivity index (χ1v) is 8.54. The molecule has 4 nitrogen and oxygen atoms in total. The molecule has 0 aliphatic carbocycles. The Morgan fingerprint density at radius 1 is 1.35 bits per heavy atom. The largest absolute Gasteiger partial charge is 0.357 e. The van der Waals surface area contributed by atoms with Crippen LogP contribution < -0.4 is 10.6 Å². The van der Waals surface area contributed by atoms with E-state index in [2.05, 4.69) is 49.7 Å². The van der Waals surface area contributed by atoms with Crippen molar-refractivity contribution in [3.05, 3.63) is 38.5 Å². The van der Waals surface area contributed by atoms with E-state index in [-0.39, 0.29) is 0 Å². The summed E-state index contributed by atoms with van der Waals surface area (Å²) in [5.41, 5.74) is 2.40. The van der Waals surface area contributed by atoms with Crippen LogP contribution >= 0.6 is 22.7 Å². The molecule has 0 saturated heterocycles. The van der Waals surface area contributed by atoms with Gasteiger partial charge in [-0.15, -0.1) is 11.3 Å². The molecule has 2 rings (SSSR count). The highest BCUT2D eigenvalue weighted by Crippen LogP contribution is 2.08. The van der Waals surface area contributed by atoms with Gasteiger partial charge in [0.05, 0.1) is 17.2 Å². The van der Waals surface area contributed by atoms with Gasteiger partial charge in [0.1, 0.15) is 0 Å². The molecule has 0 aliphatic rings. The SMILES string of the molecule is CCNC(=NCc1ccsc1)NCCc1csc(C)n1. The third-order valence-corrected chi connectivity index (χ3v) is 4.24. The summed E-state index contributed by atoms with van der Waals surface area (Å²) in [5, 5.41) is 14.1. The first-order chi connectivity index (χ1) is 9.78. The minimum absolute atomic E-state index is 0.717. The van der Waals surface area contributed by atoms with Crippen molar-refractivity contribution < 1.29 is 0 Å². The summed E-state index contributed by atoms with van der Waals surface area (Å²) >= 11 is 3.40. The number of aromatic nitrogens is 1. The molecule has 0 radical (unpaired) electrons. The fourth-order valence-electron chi connectivity index (χ4n) is 1.73. The van der Waals surface area contributed by atoms with Crippen LogP contribution in [0.15, 0.2) is 27.2 Å². The molecule has 2 aromatic rings. The van der Waals surface area contributed by atoms with Crippen LogP contribution in [-0.2, 0) is 13.0 Å². The highest BCUT2D eigenvalue weighted by molar-refractivity contribution is 7.09. The average molecular weight is 308 g/mol. The molecule has 0 bridgehead atoms. The molecule has 0 unspecified atom stereocenters. The summed E-state index contributed by atoms with van der Waals surface area (Å²) in [6, 6.07) is 2.11. The number of hydrogen-bond acceptors (Lipinski definition) is 4. The van der Waals surface area contributed by atoms with Crippen molar-refractivity contribution >= 4 is 28.6 Å². The van der Waals surface area contributed by atoms with Crippen molar-refractivity contribution in [3.8, 4) is 0 Å². The molecule has 2 heterocycles. The maximum absolute atomic E-state index is 4.58. The van der Waals surface area contributed by atoms with Gasteiger partial charge in [-0.1, -0.05) is 0 Å². The summed E-state index contributed by atoms with van der Waals surface area (Å²) in [7, 11) is 0. The number of aryl methyl sites for hydroxylation is 1. The predicted molar refractivity (Wildman–Crippen MR) is 87.7 cm³/mol. The maximum Gasteiger partial charge on any atom is 0.191 e. The minimum Gasteiger partial charge on any atom is -0.357 e. The van der Waals surface area contributed by atoms with Gasteiger partial charge in [0.15, 0.2) is 5.96 Å². The average Bonchev–Trinajstić information content (AvgIpc) is 3.08. The first-order valence-electron chi connectivity index (χ1n) is 6.72. The number of thiazole rings is 1. The first kappa shape index (κ1) is 15.0. The predicted octanol–water partition coefficient (Wildman–Crippen LogP) is 2.81. The summed E-state index contributed by atoms with van der Waals surface area (Å²) in [6.07, 6.45) is 0.924. The molecule has 0 amide bonds. The number of nitrogens with zero attached hydrogens (tertiary/aromatic N) is 2. The highest BCUT2D eigenvalue weighted by Gasteiger charge is 2.00. The fraction of sp³-hybridized carbons (Fsp3) is 0.429. The van der Waals surface area contributed by atoms with E-state index in [1.165, 1.54) is 5.56 Å². The number of aliphatic imine (C=N–C) groups is 1. The Morgan fingerprint density at radius 3 is 2.90 bits per heavy atom. The van der Waals surface area contributed by atoms with Crippen molar-refractivity contribution in [2.75, 3.05) is 13.1 Å². The van der Waals surface area contributed by atoms with Gasteiger partial charge in [-0.05, 0) is 36.2 Å². The molecule has 0 saturated carbocycles. The lowest BCUT2D eigenvalue weighted by Crippen LogP contribution is -2.38. The van der Waals surface area contributed by atoms with Gasteiger partial charge >= 0.3 is 0 Å². The second-order valence-electron chi connectivity index (χ2n) is 4.36. The lowest BCUT2D eigenvalue weighted by molar-refractivity contribution is 0.790. The van der Waals surface area contributed by atoms with Crippen molar-refractivity contribution in [1.29, 1.82) is 0 Å². The highest BCUT2D eigenvalue weighted by atomic mass is 32.1. The van der Waals surface area contributed by atoms with E-state index in [0.717, 1.165) is 36.2 Å². The zero-order chi connectivity index (χ0) is 14.2. The summed E-state index contributed by atoms with van der Waals surface area (Å²) < 4.78 is 0. The Balaban J connectivity index is 1.80. The van der Waals surface area contributed by atoms with Gasteiger partial charge in [0.2, 0.25) is 0 Å². The summed E-state index contributed by atoms with van der Waals surface area (Å²) in [6.45, 7) is 6.54. The number of thiophene rings is 1. The van der Waals surface area contributed by atoms with Crippen LogP contribution in [0, 0.1) is 6.92 Å². The Morgan fingerprint density at radius 2 is 2.25 bits per heavy atom. The van der Waals surface area contributed by atoms with Crippen LogP contribution in [0.4, 0.5) is 0 Å². The lowest BCUT2D eigenvalue weighted by atomic mass is 10.3. The molecule has 0 atom stereocenters. The monoisotopic (exact) mass is 308 g/mol. The molecule has 2 N–H and O–H groups in total. The van der Waals surface area contributed by atoms with Gasteiger partial charge in [-0.2, -0.15) is 11.3 Å². The Labute approximate surface area is 128 Å². The topological polar surface area (TPSA) is 49.3 Å². The zero-order valence-corrected chi connectivity index (χ0v) is 13.5. The van der Waals surface area contributed by atoms with Gasteiger partial charge in [0, 0.05) is 24.9 Å². The minimum atomic E-state index is 0.717. The lowest BCUT2D eigenvalue weighted by Gasteiger charge is -2.10. The van der Waals surface area contributed by atoms with E-state index < -0.39 is 0 Å². The molecule has 0 aliphatic heterocycles. The van der Waals surface area contributed by atoms with E-state index >= 15 is 0 Å². The number of hydrogen-bond donors (Lipinski definition) is 2. The number of guanidine groups is 1. The third kappa shape index (κ3) is 4.94. The van der Waals surface area contributed by atoms with Crippen LogP contribution in [-0.4, -0.2) is 24.0 Å². The molecule has 108 valence electrons. The fourth-order valence-corrected chi connectivity index (χ4v) is 3.03. The molecule has 0 aromatic carbocycles. The van der Waals surface area contributed by atoms with E-state index in [0.29, 0.717) is 6.54 Å². The van der Waals surface area contributed by atoms with Crippen molar-refractivity contribution in [2.24, 2.45) is 4.99 Å². The number of rotatable bonds is 6. The maximum atomic E-state index is 4.58. The third-order valence-electron chi connectivity index (χ3n) is 2.68. The van der Waals surface area contributed by atoms with Crippen LogP contribution in [0.25, 0.3) is 0 Å². The van der Waals surface area contributed by atoms with E-state index in [1.54, 1.807) is 22.7 Å². The molecule has 0 fully saturated rings. The second-order valence-corrected chi connectivity index (χ2v) is 6.20. The van der Waals surface area contributed by atoms with Gasteiger partial charge in [0.25, 0.3) is 0 Å². The van der Waals surface area contributed by atoms with Crippen molar-refractivity contribution in [1.82, 2.24) is 15.6 Å². The molecule has 2 aromatic heterocycles. The van der Waals surface area contributed by atoms with E-state index in [9.17, 15) is 0 Å². The normalized spacial score (nSPS) is 11.6. The second kappa shape index (κ2) is 8.01. The van der Waals surface area contributed by atoms with Gasteiger partial charge in [-0.25, -0.2) is 9.98 Å². The summed E-state index contributed by atoms with van der Waals surface area (Å²) in [4.78, 5) is 9.04. The Bertz CT molecular complexity index is 531. The van der Waals surface area contributed by atoms with Crippen molar-refractivity contribution in [3.63, 3.8) is 0 Å². The van der Waals surface area contributed by atoms with Crippen LogP contribution in [0.2, 0.25) is 0 Å². The van der Waals surface area contributed by atoms with Crippen LogP contribution in [0.3, 0.4) is 0 Å². The molecular formula is C14H20N4S2. The molecule has 20 heavy (non-hydrogen) atoms. The van der Waals surface area contributed by atoms with Crippen LogP contribution in [0.1, 0.15) is 23.2 Å². The standard InChI is InChI=1S/C14H20N4S2/c1-3-15-14(17-8-12-5-7-19-9-12)16-6-4-13-10-20-11(2)18-13/h5,7,9-10H,3-4,6,8H2,1-2H3,(H2,15,16,17). The van der Waals surface area contributed by atoms with E-state index in [1.807, 2.05) is 6.92 Å². The summed E-state index contributed by atoms with van der Waals surface area (Å²) in [5.74, 6) is 0.866. The van der Waals surface area contributed by atoms with Crippen LogP contribution in [0.5, 0.6) is 0 Å². The number of nitrogens with one attached hydrogen (secondary N) is 2. The molecular weight excluding hydrogens is 288 g/mol. The molecule has 6 heteroatoms. The smallest absolute Gasteiger partial charge is 0.191 e. The zero-order valence-electron chi connectivity index (χ0n) is 11.8. The van der Waals surface area contributed by atoms with Crippen molar-refractivity contribution in [2.45, 2.75) is 26.8 Å². The quantitative estimate of drug-likeness (QED) is 0.637.